The minimum atomic E-state index is 0.433. The first-order chi connectivity index (χ1) is 10.0. The van der Waals surface area contributed by atoms with Crippen LogP contribution in [0.1, 0.15) is 51.2 Å². The van der Waals surface area contributed by atoms with Crippen molar-refractivity contribution in [3.05, 3.63) is 29.3 Å². The highest BCUT2D eigenvalue weighted by Gasteiger charge is 2.15. The van der Waals surface area contributed by atoms with Crippen LogP contribution in [0.15, 0.2) is 18.2 Å². The Morgan fingerprint density at radius 1 is 1.38 bits per heavy atom. The highest BCUT2D eigenvalue weighted by molar-refractivity contribution is 7.80. The summed E-state index contributed by atoms with van der Waals surface area (Å²) in [5, 5.41) is 0. The van der Waals surface area contributed by atoms with Gasteiger partial charge in [0, 0.05) is 23.7 Å². The molecule has 0 heterocycles. The van der Waals surface area contributed by atoms with Crippen LogP contribution < -0.4 is 10.5 Å². The number of thiocarbonyl (C=S) groups is 1. The van der Waals surface area contributed by atoms with Crippen LogP contribution in [0.2, 0.25) is 0 Å². The maximum atomic E-state index is 5.75. The number of methoxy groups -OCH3 is 1. The summed E-state index contributed by atoms with van der Waals surface area (Å²) in [5.41, 5.74) is 7.80. The summed E-state index contributed by atoms with van der Waals surface area (Å²) >= 11 is 5.08. The third-order valence-electron chi connectivity index (χ3n) is 3.95. The Morgan fingerprint density at radius 2 is 2.10 bits per heavy atom. The van der Waals surface area contributed by atoms with Gasteiger partial charge in [-0.2, -0.15) is 0 Å². The average Bonchev–Trinajstić information content (AvgIpc) is 2.50. The van der Waals surface area contributed by atoms with Crippen LogP contribution in [0, 0.1) is 0 Å². The molecule has 1 unspecified atom stereocenters. The van der Waals surface area contributed by atoms with Gasteiger partial charge in [0.15, 0.2) is 0 Å². The van der Waals surface area contributed by atoms with Crippen LogP contribution in [-0.2, 0) is 6.54 Å². The first-order valence-electron chi connectivity index (χ1n) is 7.74. The fourth-order valence-electron chi connectivity index (χ4n) is 2.35. The summed E-state index contributed by atoms with van der Waals surface area (Å²) in [6.07, 6.45) is 3.56. The second-order valence-corrected chi connectivity index (χ2v) is 5.91. The minimum Gasteiger partial charge on any atom is -0.496 e. The van der Waals surface area contributed by atoms with Crippen molar-refractivity contribution in [2.24, 2.45) is 5.73 Å². The molecule has 0 aliphatic heterocycles. The highest BCUT2D eigenvalue weighted by atomic mass is 32.1. The van der Waals surface area contributed by atoms with Gasteiger partial charge < -0.3 is 10.5 Å². The first kappa shape index (κ1) is 17.9. The third-order valence-corrected chi connectivity index (χ3v) is 4.19. The van der Waals surface area contributed by atoms with Crippen LogP contribution in [0.4, 0.5) is 0 Å². The summed E-state index contributed by atoms with van der Waals surface area (Å²) in [5.74, 6) is 0.903. The Morgan fingerprint density at radius 3 is 2.62 bits per heavy atom. The van der Waals surface area contributed by atoms with Gasteiger partial charge in [-0.15, -0.1) is 0 Å². The molecule has 0 bridgehead atoms. The van der Waals surface area contributed by atoms with E-state index in [1.807, 2.05) is 12.1 Å². The summed E-state index contributed by atoms with van der Waals surface area (Å²) in [6.45, 7) is 8.70. The van der Waals surface area contributed by atoms with Gasteiger partial charge in [0.25, 0.3) is 0 Å². The molecular formula is C17H28N2OS. The van der Waals surface area contributed by atoms with Gasteiger partial charge in [0.1, 0.15) is 10.7 Å². The quantitative estimate of drug-likeness (QED) is 0.706. The first-order valence-corrected chi connectivity index (χ1v) is 8.15. The Hall–Kier alpha value is -1.13. The molecule has 0 amide bonds. The molecule has 3 nitrogen and oxygen atoms in total. The van der Waals surface area contributed by atoms with Gasteiger partial charge in [0.05, 0.1) is 7.11 Å². The lowest BCUT2D eigenvalue weighted by Crippen LogP contribution is -2.33. The molecule has 1 atom stereocenters. The van der Waals surface area contributed by atoms with Gasteiger partial charge in [-0.25, -0.2) is 0 Å². The number of hydrogen-bond donors (Lipinski definition) is 1. The van der Waals surface area contributed by atoms with Crippen molar-refractivity contribution < 1.29 is 4.74 Å². The SMILES string of the molecule is CCCCN(Cc1cc(C(N)=S)ccc1OC)C(C)CC. The Balaban J connectivity index is 2.99. The maximum absolute atomic E-state index is 5.75. The van der Waals surface area contributed by atoms with E-state index >= 15 is 0 Å². The number of rotatable bonds is 9. The molecular weight excluding hydrogens is 280 g/mol. The molecule has 0 spiro atoms. The number of benzene rings is 1. The Labute approximate surface area is 134 Å². The summed E-state index contributed by atoms with van der Waals surface area (Å²) in [4.78, 5) is 2.94. The molecule has 21 heavy (non-hydrogen) atoms. The lowest BCUT2D eigenvalue weighted by Gasteiger charge is -2.29. The molecule has 0 radical (unpaired) electrons. The van der Waals surface area contributed by atoms with Gasteiger partial charge in [-0.3, -0.25) is 4.90 Å². The van der Waals surface area contributed by atoms with Gasteiger partial charge in [0.2, 0.25) is 0 Å². The molecule has 1 aromatic carbocycles. The van der Waals surface area contributed by atoms with Crippen LogP contribution in [0.5, 0.6) is 5.75 Å². The number of unbranched alkanes of at least 4 members (excludes halogenated alkanes) is 1. The average molecular weight is 308 g/mol. The van der Waals surface area contributed by atoms with Crippen molar-refractivity contribution in [2.45, 2.75) is 52.6 Å². The smallest absolute Gasteiger partial charge is 0.123 e. The summed E-state index contributed by atoms with van der Waals surface area (Å²) in [7, 11) is 1.71. The van der Waals surface area contributed by atoms with E-state index in [1.165, 1.54) is 12.8 Å². The van der Waals surface area contributed by atoms with Crippen LogP contribution in [0.3, 0.4) is 0 Å². The van der Waals surface area contributed by atoms with Gasteiger partial charge in [-0.1, -0.05) is 32.5 Å². The third kappa shape index (κ3) is 5.29. The fraction of sp³-hybridized carbons (Fsp3) is 0.588. The topological polar surface area (TPSA) is 38.5 Å². The second kappa shape index (κ2) is 9.00. The molecule has 1 aromatic rings. The predicted molar refractivity (Wildman–Crippen MR) is 94.0 cm³/mol. The molecule has 0 saturated heterocycles. The standard InChI is InChI=1S/C17H28N2OS/c1-5-7-10-19(13(3)6-2)12-15-11-14(17(18)21)8-9-16(15)20-4/h8-9,11,13H,5-7,10,12H2,1-4H3,(H2,18,21). The monoisotopic (exact) mass is 308 g/mol. The van der Waals surface area contributed by atoms with Gasteiger partial charge in [-0.05, 0) is 44.5 Å². The van der Waals surface area contributed by atoms with E-state index in [-0.39, 0.29) is 0 Å². The number of hydrogen-bond acceptors (Lipinski definition) is 3. The maximum Gasteiger partial charge on any atom is 0.123 e. The van der Waals surface area contributed by atoms with Crippen molar-refractivity contribution >= 4 is 17.2 Å². The van der Waals surface area contributed by atoms with E-state index in [0.29, 0.717) is 11.0 Å². The molecule has 0 aromatic heterocycles. The Kier molecular flexibility index (Phi) is 7.68. The zero-order valence-electron chi connectivity index (χ0n) is 13.7. The molecule has 4 heteroatoms. The number of nitrogens with zero attached hydrogens (tertiary/aromatic N) is 1. The molecule has 1 rings (SSSR count). The summed E-state index contributed by atoms with van der Waals surface area (Å²) in [6, 6.07) is 6.49. The molecule has 2 N–H and O–H groups in total. The summed E-state index contributed by atoms with van der Waals surface area (Å²) < 4.78 is 5.49. The van der Waals surface area contributed by atoms with Crippen molar-refractivity contribution in [3.8, 4) is 5.75 Å². The molecule has 0 fully saturated rings. The van der Waals surface area contributed by atoms with E-state index in [1.54, 1.807) is 7.11 Å². The second-order valence-electron chi connectivity index (χ2n) is 5.47. The molecule has 0 saturated carbocycles. The lowest BCUT2D eigenvalue weighted by molar-refractivity contribution is 0.190. The van der Waals surface area contributed by atoms with Gasteiger partial charge >= 0.3 is 0 Å². The number of ether oxygens (including phenoxy) is 1. The van der Waals surface area contributed by atoms with E-state index in [0.717, 1.165) is 36.4 Å². The van der Waals surface area contributed by atoms with E-state index in [4.69, 9.17) is 22.7 Å². The Bertz CT molecular complexity index is 462. The lowest BCUT2D eigenvalue weighted by atomic mass is 10.1. The fourth-order valence-corrected chi connectivity index (χ4v) is 2.48. The minimum absolute atomic E-state index is 0.433. The van der Waals surface area contributed by atoms with Crippen molar-refractivity contribution in [1.29, 1.82) is 0 Å². The molecule has 0 aliphatic rings. The predicted octanol–water partition coefficient (Wildman–Crippen LogP) is 3.73. The zero-order valence-corrected chi connectivity index (χ0v) is 14.5. The zero-order chi connectivity index (χ0) is 15.8. The normalized spacial score (nSPS) is 12.4. The van der Waals surface area contributed by atoms with Crippen molar-refractivity contribution in [2.75, 3.05) is 13.7 Å². The van der Waals surface area contributed by atoms with Crippen molar-refractivity contribution in [3.63, 3.8) is 0 Å². The largest absolute Gasteiger partial charge is 0.496 e. The molecule has 0 aliphatic carbocycles. The van der Waals surface area contributed by atoms with Crippen molar-refractivity contribution in [1.82, 2.24) is 4.90 Å². The van der Waals surface area contributed by atoms with E-state index in [2.05, 4.69) is 31.7 Å². The van der Waals surface area contributed by atoms with Crippen LogP contribution in [0.25, 0.3) is 0 Å². The highest BCUT2D eigenvalue weighted by Crippen LogP contribution is 2.23. The molecule has 118 valence electrons. The van der Waals surface area contributed by atoms with Crippen LogP contribution in [-0.4, -0.2) is 29.6 Å². The van der Waals surface area contributed by atoms with E-state index < -0.39 is 0 Å². The van der Waals surface area contributed by atoms with Crippen LogP contribution >= 0.6 is 12.2 Å². The number of nitrogens with two attached hydrogens (primary N) is 1. The van der Waals surface area contributed by atoms with E-state index in [9.17, 15) is 0 Å².